The summed E-state index contributed by atoms with van der Waals surface area (Å²) in [5.41, 5.74) is 0. The Hall–Kier alpha value is -4.71. The van der Waals surface area contributed by atoms with Crippen LogP contribution in [0.3, 0.4) is 0 Å². The van der Waals surface area contributed by atoms with Gasteiger partial charge in [-0.1, -0.05) is 263 Å². The van der Waals surface area contributed by atoms with Crippen LogP contribution in [0.4, 0.5) is 0 Å². The lowest BCUT2D eigenvalue weighted by atomic mass is 10.1. The molecule has 0 saturated heterocycles. The Morgan fingerprint density at radius 1 is 0.266 bits per heavy atom. The third-order valence-corrected chi connectivity index (χ3v) is 13.3. The molecular weight excluding hydrogens is 973 g/mol. The molecule has 0 N–H and O–H groups in total. The van der Waals surface area contributed by atoms with E-state index >= 15 is 0 Å². The van der Waals surface area contributed by atoms with Crippen molar-refractivity contribution in [1.82, 2.24) is 0 Å². The predicted octanol–water partition coefficient (Wildman–Crippen LogP) is 22.3. The van der Waals surface area contributed by atoms with Crippen LogP contribution in [0.5, 0.6) is 0 Å². The van der Waals surface area contributed by atoms with Crippen LogP contribution in [0.15, 0.2) is 146 Å². The second-order valence-corrected chi connectivity index (χ2v) is 20.9. The number of hydrogen-bond acceptors (Lipinski definition) is 6. The normalized spacial score (nSPS) is 13.1. The molecule has 0 bridgehead atoms. The summed E-state index contributed by atoms with van der Waals surface area (Å²) >= 11 is 0. The van der Waals surface area contributed by atoms with Gasteiger partial charge in [-0.25, -0.2) is 0 Å². The van der Waals surface area contributed by atoms with Gasteiger partial charge < -0.3 is 14.2 Å². The molecule has 1 atom stereocenters. The van der Waals surface area contributed by atoms with Gasteiger partial charge in [0.25, 0.3) is 0 Å². The van der Waals surface area contributed by atoms with E-state index in [9.17, 15) is 14.4 Å². The molecular formula is C73H118O6. The van der Waals surface area contributed by atoms with E-state index in [4.69, 9.17) is 14.2 Å². The molecule has 0 fully saturated rings. The van der Waals surface area contributed by atoms with Gasteiger partial charge in [0.2, 0.25) is 0 Å². The Morgan fingerprint density at radius 3 is 0.785 bits per heavy atom. The fourth-order valence-electron chi connectivity index (χ4n) is 8.53. The maximum Gasteiger partial charge on any atom is 0.306 e. The van der Waals surface area contributed by atoms with Crippen molar-refractivity contribution >= 4 is 17.9 Å². The summed E-state index contributed by atoms with van der Waals surface area (Å²) in [6, 6.07) is 0. The largest absolute Gasteiger partial charge is 0.462 e. The molecule has 0 saturated carbocycles. The minimum Gasteiger partial charge on any atom is -0.462 e. The van der Waals surface area contributed by atoms with Crippen molar-refractivity contribution in [2.45, 2.75) is 284 Å². The van der Waals surface area contributed by atoms with Crippen molar-refractivity contribution in [3.8, 4) is 0 Å². The molecule has 0 aromatic heterocycles. The van der Waals surface area contributed by atoms with Crippen molar-refractivity contribution in [3.63, 3.8) is 0 Å². The summed E-state index contributed by atoms with van der Waals surface area (Å²) in [5.74, 6) is -0.958. The zero-order valence-electron chi connectivity index (χ0n) is 51.1. The first kappa shape index (κ1) is 74.3. The highest BCUT2D eigenvalue weighted by molar-refractivity contribution is 5.71. The molecule has 0 aliphatic heterocycles. The molecule has 0 aliphatic carbocycles. The number of esters is 3. The highest BCUT2D eigenvalue weighted by atomic mass is 16.6. The van der Waals surface area contributed by atoms with Gasteiger partial charge in [0, 0.05) is 19.3 Å². The first-order valence-corrected chi connectivity index (χ1v) is 32.3. The summed E-state index contributed by atoms with van der Waals surface area (Å²) < 4.78 is 16.9. The van der Waals surface area contributed by atoms with Crippen LogP contribution < -0.4 is 0 Å². The van der Waals surface area contributed by atoms with E-state index in [-0.39, 0.29) is 37.5 Å². The van der Waals surface area contributed by atoms with Gasteiger partial charge in [-0.15, -0.1) is 0 Å². The molecule has 0 aromatic rings. The second kappa shape index (κ2) is 65.8. The van der Waals surface area contributed by atoms with Gasteiger partial charge in [0.05, 0.1) is 0 Å². The maximum absolute atomic E-state index is 12.9. The third kappa shape index (κ3) is 64.0. The molecule has 0 rings (SSSR count). The van der Waals surface area contributed by atoms with Crippen LogP contribution in [-0.2, 0) is 28.6 Å². The van der Waals surface area contributed by atoms with Crippen molar-refractivity contribution in [3.05, 3.63) is 146 Å². The summed E-state index contributed by atoms with van der Waals surface area (Å²) in [6.45, 7) is 6.36. The second-order valence-electron chi connectivity index (χ2n) is 20.9. The summed E-state index contributed by atoms with van der Waals surface area (Å²) in [4.78, 5) is 38.4. The molecule has 79 heavy (non-hydrogen) atoms. The fraction of sp³-hybridized carbons (Fsp3) is 0.630. The summed E-state index contributed by atoms with van der Waals surface area (Å²) in [6.07, 6.45) is 94.1. The quantitative estimate of drug-likeness (QED) is 0.0261. The Morgan fingerprint density at radius 2 is 0.494 bits per heavy atom. The standard InChI is InChI=1S/C73H118O6/c1-4-7-10-13-16-19-22-25-28-31-34-35-36-37-40-42-45-48-51-54-57-60-63-66-72(75)78-69-70(79-73(76)67-64-61-58-55-52-49-46-43-39-33-30-27-24-21-18-15-12-9-6-3)68-77-71(74)65-62-59-56-53-50-47-44-41-38-32-29-26-23-20-17-14-11-8-5-2/h8-9,11-12,17-18,20-22,25-27,29-31,34,36-39,41,43,49,52,70H,4-7,10,13-16,19,23-24,28,32-33,35,40,42,44-48,50-51,53-69H2,1-3H3/b11-8-,12-9-,20-17-,21-18-,25-22-,29-26-,30-27-,34-31-,37-36-,41-38-,43-39-,52-49-. The number of carbonyl (C=O) groups is 3. The number of unbranched alkanes of at least 4 members (excludes halogenated alkanes) is 22. The summed E-state index contributed by atoms with van der Waals surface area (Å²) in [7, 11) is 0. The lowest BCUT2D eigenvalue weighted by Crippen LogP contribution is -2.30. The van der Waals surface area contributed by atoms with Crippen LogP contribution in [-0.4, -0.2) is 37.2 Å². The lowest BCUT2D eigenvalue weighted by molar-refractivity contribution is -0.167. The predicted molar refractivity (Wildman–Crippen MR) is 343 cm³/mol. The third-order valence-electron chi connectivity index (χ3n) is 13.3. The molecule has 0 amide bonds. The molecule has 0 aromatic carbocycles. The molecule has 0 heterocycles. The fourth-order valence-corrected chi connectivity index (χ4v) is 8.53. The van der Waals surface area contributed by atoms with E-state index in [0.717, 1.165) is 148 Å². The van der Waals surface area contributed by atoms with Gasteiger partial charge in [0.1, 0.15) is 13.2 Å². The molecule has 6 heteroatoms. The average Bonchev–Trinajstić information content (AvgIpc) is 3.45. The Labute approximate surface area is 487 Å². The van der Waals surface area contributed by atoms with Crippen LogP contribution in [0.2, 0.25) is 0 Å². The Balaban J connectivity index is 4.50. The van der Waals surface area contributed by atoms with E-state index in [0.29, 0.717) is 19.3 Å². The minimum absolute atomic E-state index is 0.105. The van der Waals surface area contributed by atoms with Crippen LogP contribution in [0.1, 0.15) is 278 Å². The number of allylic oxidation sites excluding steroid dienone is 24. The topological polar surface area (TPSA) is 78.9 Å². The zero-order chi connectivity index (χ0) is 57.1. The lowest BCUT2D eigenvalue weighted by Gasteiger charge is -2.18. The van der Waals surface area contributed by atoms with E-state index in [1.807, 2.05) is 0 Å². The maximum atomic E-state index is 12.9. The number of carbonyl (C=O) groups excluding carboxylic acids is 3. The molecule has 6 nitrogen and oxygen atoms in total. The summed E-state index contributed by atoms with van der Waals surface area (Å²) in [5, 5.41) is 0. The van der Waals surface area contributed by atoms with Crippen LogP contribution >= 0.6 is 0 Å². The minimum atomic E-state index is -0.814. The molecule has 0 radical (unpaired) electrons. The number of rotatable bonds is 57. The van der Waals surface area contributed by atoms with Crippen molar-refractivity contribution in [2.75, 3.05) is 13.2 Å². The Bertz CT molecular complexity index is 1730. The van der Waals surface area contributed by atoms with Gasteiger partial charge in [-0.3, -0.25) is 14.4 Å². The molecule has 446 valence electrons. The zero-order valence-corrected chi connectivity index (χ0v) is 51.1. The highest BCUT2D eigenvalue weighted by Gasteiger charge is 2.19. The average molecular weight is 1090 g/mol. The monoisotopic (exact) mass is 1090 g/mol. The van der Waals surface area contributed by atoms with E-state index in [1.165, 1.54) is 83.5 Å². The van der Waals surface area contributed by atoms with E-state index in [1.54, 1.807) is 0 Å². The van der Waals surface area contributed by atoms with Crippen LogP contribution in [0.25, 0.3) is 0 Å². The molecule has 1 unspecified atom stereocenters. The Kier molecular flexibility index (Phi) is 61.9. The first-order valence-electron chi connectivity index (χ1n) is 32.3. The van der Waals surface area contributed by atoms with E-state index < -0.39 is 6.10 Å². The van der Waals surface area contributed by atoms with Crippen LogP contribution in [0, 0.1) is 0 Å². The van der Waals surface area contributed by atoms with Gasteiger partial charge in [-0.2, -0.15) is 0 Å². The van der Waals surface area contributed by atoms with Crippen molar-refractivity contribution < 1.29 is 28.6 Å². The first-order chi connectivity index (χ1) is 39.0. The number of hydrogen-bond donors (Lipinski definition) is 0. The molecule has 0 spiro atoms. The highest BCUT2D eigenvalue weighted by Crippen LogP contribution is 2.14. The number of ether oxygens (including phenoxy) is 3. The smallest absolute Gasteiger partial charge is 0.306 e. The SMILES string of the molecule is CC/C=C\C/C=C\C/C=C\C/C=C\C/C=C\CCCCCC(=O)OC(COC(=O)CCCCCCCC/C=C\C/C=C\C/C=C\C/C=C\CC)COC(=O)CCCCCCCCCC/C=C\C/C=C\C/C=C\CCCCCCC. The van der Waals surface area contributed by atoms with Crippen molar-refractivity contribution in [1.29, 1.82) is 0 Å². The van der Waals surface area contributed by atoms with E-state index in [2.05, 4.69) is 167 Å². The molecule has 0 aliphatic rings. The van der Waals surface area contributed by atoms with Gasteiger partial charge in [-0.05, 0) is 141 Å². The van der Waals surface area contributed by atoms with Crippen molar-refractivity contribution in [2.24, 2.45) is 0 Å². The van der Waals surface area contributed by atoms with Gasteiger partial charge in [0.15, 0.2) is 6.10 Å². The van der Waals surface area contributed by atoms with Gasteiger partial charge >= 0.3 is 17.9 Å².